The molecule has 0 atom stereocenters. The highest BCUT2D eigenvalue weighted by atomic mass is 16.6. The average Bonchev–Trinajstić information content (AvgIpc) is 2.45. The molecule has 3 N–H and O–H groups in total. The minimum absolute atomic E-state index is 0.0319. The van der Waals surface area contributed by atoms with Crippen LogP contribution in [0.1, 0.15) is 15.9 Å². The summed E-state index contributed by atoms with van der Waals surface area (Å²) in [5.74, 6) is -0.178. The van der Waals surface area contributed by atoms with E-state index >= 15 is 0 Å². The van der Waals surface area contributed by atoms with Crippen molar-refractivity contribution in [3.63, 3.8) is 0 Å². The van der Waals surface area contributed by atoms with Crippen LogP contribution in [0.3, 0.4) is 0 Å². The number of nitrogens with zero attached hydrogens (tertiary/aromatic N) is 2. The number of pyridine rings is 1. The summed E-state index contributed by atoms with van der Waals surface area (Å²) in [5.41, 5.74) is 6.41. The van der Waals surface area contributed by atoms with E-state index in [2.05, 4.69) is 10.3 Å². The van der Waals surface area contributed by atoms with Crippen LogP contribution in [-0.4, -0.2) is 15.8 Å². The summed E-state index contributed by atoms with van der Waals surface area (Å²) in [4.78, 5) is 25.3. The Morgan fingerprint density at radius 2 is 2.00 bits per heavy atom. The SMILES string of the molecule is NC(=O)c1cccnc1NCc1ccc([N+](=O)[O-])cc1. The van der Waals surface area contributed by atoms with Crippen LogP contribution in [0.4, 0.5) is 11.5 Å². The molecule has 0 aliphatic carbocycles. The first-order chi connectivity index (χ1) is 9.58. The molecule has 7 heteroatoms. The van der Waals surface area contributed by atoms with Crippen LogP contribution < -0.4 is 11.1 Å². The van der Waals surface area contributed by atoms with Crippen LogP contribution in [0.25, 0.3) is 0 Å². The van der Waals surface area contributed by atoms with Gasteiger partial charge in [0.05, 0.1) is 10.5 Å². The van der Waals surface area contributed by atoms with Crippen molar-refractivity contribution in [1.29, 1.82) is 0 Å². The fraction of sp³-hybridized carbons (Fsp3) is 0.0769. The molecule has 0 fully saturated rings. The monoisotopic (exact) mass is 272 g/mol. The van der Waals surface area contributed by atoms with Crippen molar-refractivity contribution in [2.75, 3.05) is 5.32 Å². The minimum atomic E-state index is -0.565. The van der Waals surface area contributed by atoms with Gasteiger partial charge in [-0.2, -0.15) is 0 Å². The highest BCUT2D eigenvalue weighted by Crippen LogP contribution is 2.15. The summed E-state index contributed by atoms with van der Waals surface area (Å²) < 4.78 is 0. The number of hydrogen-bond acceptors (Lipinski definition) is 5. The van der Waals surface area contributed by atoms with Crippen molar-refractivity contribution in [2.24, 2.45) is 5.73 Å². The normalized spacial score (nSPS) is 10.0. The molecule has 7 nitrogen and oxygen atoms in total. The molecule has 0 saturated carbocycles. The molecular weight excluding hydrogens is 260 g/mol. The van der Waals surface area contributed by atoms with Gasteiger partial charge in [0.2, 0.25) is 0 Å². The molecule has 0 unspecified atom stereocenters. The third kappa shape index (κ3) is 3.08. The second-order valence-corrected chi connectivity index (χ2v) is 4.04. The first-order valence-corrected chi connectivity index (χ1v) is 5.80. The van der Waals surface area contributed by atoms with Gasteiger partial charge in [-0.05, 0) is 17.7 Å². The minimum Gasteiger partial charge on any atom is -0.365 e. The molecule has 2 aromatic rings. The number of nitro groups is 1. The smallest absolute Gasteiger partial charge is 0.269 e. The molecule has 1 heterocycles. The number of benzene rings is 1. The van der Waals surface area contributed by atoms with E-state index < -0.39 is 10.8 Å². The van der Waals surface area contributed by atoms with Crippen molar-refractivity contribution in [1.82, 2.24) is 4.98 Å². The Balaban J connectivity index is 2.09. The van der Waals surface area contributed by atoms with Crippen LogP contribution in [0.2, 0.25) is 0 Å². The molecule has 0 aliphatic rings. The molecule has 1 aromatic carbocycles. The molecular formula is C13H12N4O3. The lowest BCUT2D eigenvalue weighted by molar-refractivity contribution is -0.384. The third-order valence-corrected chi connectivity index (χ3v) is 2.68. The molecule has 0 bridgehead atoms. The molecule has 102 valence electrons. The van der Waals surface area contributed by atoms with Gasteiger partial charge in [0, 0.05) is 24.9 Å². The van der Waals surface area contributed by atoms with Gasteiger partial charge in [-0.1, -0.05) is 12.1 Å². The zero-order valence-electron chi connectivity index (χ0n) is 10.4. The number of nitro benzene ring substituents is 1. The van der Waals surface area contributed by atoms with E-state index in [1.807, 2.05) is 0 Å². The second kappa shape index (κ2) is 5.79. The number of nitrogens with one attached hydrogen (secondary N) is 1. The number of non-ortho nitro benzene ring substituents is 1. The molecule has 0 spiro atoms. The number of carbonyl (C=O) groups excluding carboxylic acids is 1. The van der Waals surface area contributed by atoms with E-state index in [9.17, 15) is 14.9 Å². The largest absolute Gasteiger partial charge is 0.365 e. The zero-order valence-corrected chi connectivity index (χ0v) is 10.4. The van der Waals surface area contributed by atoms with Gasteiger partial charge in [0.1, 0.15) is 5.82 Å². The third-order valence-electron chi connectivity index (χ3n) is 2.68. The second-order valence-electron chi connectivity index (χ2n) is 4.04. The summed E-state index contributed by atoms with van der Waals surface area (Å²) in [6, 6.07) is 9.32. The number of aromatic nitrogens is 1. The Morgan fingerprint density at radius 1 is 1.30 bits per heavy atom. The molecule has 1 amide bonds. The standard InChI is InChI=1S/C13H12N4O3/c14-12(18)11-2-1-7-15-13(11)16-8-9-3-5-10(6-4-9)17(19)20/h1-7H,8H2,(H2,14,18)(H,15,16). The maximum absolute atomic E-state index is 11.2. The van der Waals surface area contributed by atoms with Gasteiger partial charge >= 0.3 is 0 Å². The fourth-order valence-electron chi connectivity index (χ4n) is 1.67. The predicted molar refractivity (Wildman–Crippen MR) is 73.2 cm³/mol. The first-order valence-electron chi connectivity index (χ1n) is 5.80. The Hall–Kier alpha value is -2.96. The van der Waals surface area contributed by atoms with Crippen molar-refractivity contribution < 1.29 is 9.72 Å². The summed E-state index contributed by atoms with van der Waals surface area (Å²) in [5, 5.41) is 13.5. The number of primary amides is 1. The van der Waals surface area contributed by atoms with Crippen molar-refractivity contribution in [3.05, 3.63) is 63.8 Å². The highest BCUT2D eigenvalue weighted by Gasteiger charge is 2.08. The lowest BCUT2D eigenvalue weighted by atomic mass is 10.2. The van der Waals surface area contributed by atoms with E-state index in [0.717, 1.165) is 5.56 Å². The Morgan fingerprint density at radius 3 is 2.60 bits per heavy atom. The number of carbonyl (C=O) groups is 1. The van der Waals surface area contributed by atoms with E-state index in [-0.39, 0.29) is 5.69 Å². The predicted octanol–water partition coefficient (Wildman–Crippen LogP) is 1.70. The van der Waals surface area contributed by atoms with Gasteiger partial charge in [0.15, 0.2) is 0 Å². The summed E-state index contributed by atoms with van der Waals surface area (Å²) >= 11 is 0. The van der Waals surface area contributed by atoms with Crippen LogP contribution >= 0.6 is 0 Å². The van der Waals surface area contributed by atoms with Gasteiger partial charge in [-0.3, -0.25) is 14.9 Å². The van der Waals surface area contributed by atoms with E-state index in [1.54, 1.807) is 30.5 Å². The average molecular weight is 272 g/mol. The first kappa shape index (κ1) is 13.5. The fourth-order valence-corrected chi connectivity index (χ4v) is 1.67. The maximum atomic E-state index is 11.2. The van der Waals surface area contributed by atoms with Crippen molar-refractivity contribution >= 4 is 17.4 Å². The van der Waals surface area contributed by atoms with Crippen LogP contribution in [0.15, 0.2) is 42.6 Å². The summed E-state index contributed by atoms with van der Waals surface area (Å²) in [7, 11) is 0. The number of anilines is 1. The summed E-state index contributed by atoms with van der Waals surface area (Å²) in [6.45, 7) is 0.384. The highest BCUT2D eigenvalue weighted by molar-refractivity contribution is 5.97. The molecule has 2 rings (SSSR count). The van der Waals surface area contributed by atoms with E-state index in [1.165, 1.54) is 12.1 Å². The van der Waals surface area contributed by atoms with Crippen LogP contribution in [0, 0.1) is 10.1 Å². The summed E-state index contributed by atoms with van der Waals surface area (Å²) in [6.07, 6.45) is 1.55. The topological polar surface area (TPSA) is 111 Å². The Bertz CT molecular complexity index is 640. The number of rotatable bonds is 5. The van der Waals surface area contributed by atoms with E-state index in [0.29, 0.717) is 17.9 Å². The van der Waals surface area contributed by atoms with Gasteiger partial charge in [-0.15, -0.1) is 0 Å². The van der Waals surface area contributed by atoms with Crippen molar-refractivity contribution in [2.45, 2.75) is 6.54 Å². The molecule has 0 aliphatic heterocycles. The number of hydrogen-bond donors (Lipinski definition) is 2. The van der Waals surface area contributed by atoms with E-state index in [4.69, 9.17) is 5.73 Å². The molecule has 20 heavy (non-hydrogen) atoms. The lowest BCUT2D eigenvalue weighted by Gasteiger charge is -2.08. The molecule has 0 radical (unpaired) electrons. The lowest BCUT2D eigenvalue weighted by Crippen LogP contribution is -2.15. The van der Waals surface area contributed by atoms with Crippen LogP contribution in [0.5, 0.6) is 0 Å². The number of amides is 1. The Kier molecular flexibility index (Phi) is 3.90. The number of nitrogens with two attached hydrogens (primary N) is 1. The van der Waals surface area contributed by atoms with Gasteiger partial charge < -0.3 is 11.1 Å². The maximum Gasteiger partial charge on any atom is 0.269 e. The molecule has 0 saturated heterocycles. The van der Waals surface area contributed by atoms with Crippen molar-refractivity contribution in [3.8, 4) is 0 Å². The van der Waals surface area contributed by atoms with Crippen LogP contribution in [-0.2, 0) is 6.54 Å². The zero-order chi connectivity index (χ0) is 14.5. The quantitative estimate of drug-likeness (QED) is 0.635. The Labute approximate surface area is 114 Å². The van der Waals surface area contributed by atoms with Gasteiger partial charge in [-0.25, -0.2) is 4.98 Å². The molecule has 1 aromatic heterocycles. The van der Waals surface area contributed by atoms with Gasteiger partial charge in [0.25, 0.3) is 11.6 Å².